The fourth-order valence-corrected chi connectivity index (χ4v) is 0.789. The van der Waals surface area contributed by atoms with Gasteiger partial charge in [-0.3, -0.25) is 0 Å². The van der Waals surface area contributed by atoms with Crippen LogP contribution in [-0.4, -0.2) is 27.6 Å². The van der Waals surface area contributed by atoms with Crippen LogP contribution >= 0.6 is 0 Å². The number of hydrogen-bond acceptors (Lipinski definition) is 5. The lowest BCUT2D eigenvalue weighted by Crippen LogP contribution is -2.42. The Kier molecular flexibility index (Phi) is 3.00. The van der Waals surface area contributed by atoms with Crippen LogP contribution in [0.25, 0.3) is 0 Å². The van der Waals surface area contributed by atoms with Crippen LogP contribution in [0, 0.1) is 6.92 Å². The van der Waals surface area contributed by atoms with Crippen LogP contribution in [0.1, 0.15) is 25.2 Å². The number of rotatable bonds is 4. The number of aliphatic hydroxyl groups is 1. The zero-order chi connectivity index (χ0) is 9.90. The molecule has 0 aliphatic rings. The lowest BCUT2D eigenvalue weighted by molar-refractivity contribution is 0.186. The summed E-state index contributed by atoms with van der Waals surface area (Å²) in [5, 5.41) is 19.5. The fraction of sp³-hybridized carbons (Fsp3) is 0.750. The van der Waals surface area contributed by atoms with E-state index in [0.717, 1.165) is 11.4 Å². The second-order valence-electron chi connectivity index (χ2n) is 3.69. The maximum atomic E-state index is 8.97. The predicted octanol–water partition coefficient (Wildman–Crippen LogP) is 0.239. The smallest absolute Gasteiger partial charge is 0.121 e. The van der Waals surface area contributed by atoms with E-state index in [4.69, 9.17) is 5.11 Å². The molecule has 0 aliphatic carbocycles. The van der Waals surface area contributed by atoms with E-state index in [1.54, 1.807) is 0 Å². The van der Waals surface area contributed by atoms with Gasteiger partial charge in [0.1, 0.15) is 11.4 Å². The summed E-state index contributed by atoms with van der Waals surface area (Å²) in [7, 11) is 0. The number of aryl methyl sites for hydroxylation is 1. The van der Waals surface area contributed by atoms with Crippen LogP contribution in [-0.2, 0) is 6.54 Å². The lowest BCUT2D eigenvalue weighted by Gasteiger charge is -2.22. The summed E-state index contributed by atoms with van der Waals surface area (Å²) in [4.78, 5) is 0. The van der Waals surface area contributed by atoms with Crippen LogP contribution in [0.3, 0.4) is 0 Å². The maximum absolute atomic E-state index is 8.97. The molecule has 0 spiro atoms. The highest BCUT2D eigenvalue weighted by Gasteiger charge is 2.16. The summed E-state index contributed by atoms with van der Waals surface area (Å²) in [5.74, 6) is 0. The van der Waals surface area contributed by atoms with E-state index in [9.17, 15) is 0 Å². The molecule has 0 atom stereocenters. The van der Waals surface area contributed by atoms with Gasteiger partial charge in [0.05, 0.1) is 6.61 Å². The third-order valence-corrected chi connectivity index (χ3v) is 1.88. The van der Waals surface area contributed by atoms with Gasteiger partial charge in [-0.2, -0.15) is 0 Å². The van der Waals surface area contributed by atoms with E-state index in [-0.39, 0.29) is 12.1 Å². The normalized spacial score (nSPS) is 12.0. The Morgan fingerprint density at radius 1 is 1.46 bits per heavy atom. The van der Waals surface area contributed by atoms with Gasteiger partial charge in [0.15, 0.2) is 0 Å². The summed E-state index contributed by atoms with van der Waals surface area (Å²) in [5.41, 5.74) is 1.26. The molecule has 0 bridgehead atoms. The molecule has 2 N–H and O–H groups in total. The van der Waals surface area contributed by atoms with Gasteiger partial charge in [0.2, 0.25) is 0 Å². The van der Waals surface area contributed by atoms with Gasteiger partial charge >= 0.3 is 0 Å². The number of hydrogen-bond donors (Lipinski definition) is 2. The highest BCUT2D eigenvalue weighted by Crippen LogP contribution is 2.04. The zero-order valence-corrected chi connectivity index (χ0v) is 8.16. The Bertz CT molecular complexity index is 270. The van der Waals surface area contributed by atoms with E-state index < -0.39 is 0 Å². The number of aliphatic hydroxyl groups excluding tert-OH is 1. The second kappa shape index (κ2) is 3.85. The monoisotopic (exact) mass is 185 g/mol. The van der Waals surface area contributed by atoms with Gasteiger partial charge in [0, 0.05) is 12.1 Å². The molecule has 1 rings (SSSR count). The summed E-state index contributed by atoms with van der Waals surface area (Å²) in [6, 6.07) is 0. The van der Waals surface area contributed by atoms with Crippen LogP contribution in [0.5, 0.6) is 0 Å². The molecule has 0 saturated carbocycles. The van der Waals surface area contributed by atoms with Crippen molar-refractivity contribution >= 4 is 0 Å². The highest BCUT2D eigenvalue weighted by molar-refractivity contribution is 5.04. The van der Waals surface area contributed by atoms with Crippen molar-refractivity contribution in [3.8, 4) is 0 Å². The quantitative estimate of drug-likeness (QED) is 0.703. The van der Waals surface area contributed by atoms with Crippen LogP contribution in [0.2, 0.25) is 0 Å². The van der Waals surface area contributed by atoms with E-state index in [1.165, 1.54) is 0 Å². The minimum atomic E-state index is -0.300. The molecular formula is C8H15N3O2. The molecule has 0 unspecified atom stereocenters. The van der Waals surface area contributed by atoms with Gasteiger partial charge < -0.3 is 10.4 Å². The molecule has 0 aliphatic heterocycles. The predicted molar refractivity (Wildman–Crippen MR) is 47.0 cm³/mol. The van der Waals surface area contributed by atoms with E-state index in [2.05, 4.69) is 20.3 Å². The van der Waals surface area contributed by atoms with E-state index in [1.807, 2.05) is 20.8 Å². The first-order valence-electron chi connectivity index (χ1n) is 4.19. The molecule has 74 valence electrons. The second-order valence-corrected chi connectivity index (χ2v) is 3.69. The Morgan fingerprint density at radius 2 is 2.15 bits per heavy atom. The molecule has 0 fully saturated rings. The molecule has 0 aromatic carbocycles. The SMILES string of the molecule is Cc1nonc1CNC(C)(C)CO. The third kappa shape index (κ3) is 2.78. The average Bonchev–Trinajstić information content (AvgIpc) is 2.48. The van der Waals surface area contributed by atoms with Crippen molar-refractivity contribution in [2.75, 3.05) is 6.61 Å². The van der Waals surface area contributed by atoms with Crippen molar-refractivity contribution in [2.24, 2.45) is 0 Å². The molecular weight excluding hydrogens is 170 g/mol. The molecule has 0 amide bonds. The van der Waals surface area contributed by atoms with Gasteiger partial charge in [-0.1, -0.05) is 10.3 Å². The maximum Gasteiger partial charge on any atom is 0.121 e. The summed E-state index contributed by atoms with van der Waals surface area (Å²) in [6.07, 6.45) is 0. The Balaban J connectivity index is 2.48. The average molecular weight is 185 g/mol. The molecule has 1 aromatic heterocycles. The zero-order valence-electron chi connectivity index (χ0n) is 8.16. The molecule has 5 nitrogen and oxygen atoms in total. The third-order valence-electron chi connectivity index (χ3n) is 1.88. The topological polar surface area (TPSA) is 71.2 Å². The van der Waals surface area contributed by atoms with Crippen molar-refractivity contribution in [1.82, 2.24) is 15.6 Å². The Labute approximate surface area is 77.1 Å². The van der Waals surface area contributed by atoms with Gasteiger partial charge in [0.25, 0.3) is 0 Å². The van der Waals surface area contributed by atoms with E-state index in [0.29, 0.717) is 6.54 Å². The summed E-state index contributed by atoms with van der Waals surface area (Å²) < 4.78 is 4.54. The van der Waals surface area contributed by atoms with Gasteiger partial charge in [-0.25, -0.2) is 4.63 Å². The first-order chi connectivity index (χ1) is 6.05. The molecule has 5 heteroatoms. The van der Waals surface area contributed by atoms with Crippen LogP contribution < -0.4 is 5.32 Å². The Morgan fingerprint density at radius 3 is 2.62 bits per heavy atom. The van der Waals surface area contributed by atoms with Crippen molar-refractivity contribution in [1.29, 1.82) is 0 Å². The molecule has 1 aromatic rings. The van der Waals surface area contributed by atoms with Gasteiger partial charge in [-0.15, -0.1) is 0 Å². The summed E-state index contributed by atoms with van der Waals surface area (Å²) >= 11 is 0. The first kappa shape index (κ1) is 10.1. The van der Waals surface area contributed by atoms with Crippen molar-refractivity contribution in [3.63, 3.8) is 0 Å². The lowest BCUT2D eigenvalue weighted by atomic mass is 10.1. The molecule has 0 radical (unpaired) electrons. The molecule has 1 heterocycles. The minimum absolute atomic E-state index is 0.0807. The highest BCUT2D eigenvalue weighted by atomic mass is 16.6. The van der Waals surface area contributed by atoms with Crippen molar-refractivity contribution in [2.45, 2.75) is 32.9 Å². The molecule has 13 heavy (non-hydrogen) atoms. The van der Waals surface area contributed by atoms with Crippen LogP contribution in [0.15, 0.2) is 4.63 Å². The number of nitrogens with one attached hydrogen (secondary N) is 1. The standard InChI is InChI=1S/C8H15N3O2/c1-6-7(11-13-10-6)4-9-8(2,3)5-12/h9,12H,4-5H2,1-3H3. The largest absolute Gasteiger partial charge is 0.394 e. The van der Waals surface area contributed by atoms with Crippen LogP contribution in [0.4, 0.5) is 0 Å². The molecule has 0 saturated heterocycles. The Hall–Kier alpha value is -0.940. The fourth-order valence-electron chi connectivity index (χ4n) is 0.789. The minimum Gasteiger partial charge on any atom is -0.394 e. The van der Waals surface area contributed by atoms with Gasteiger partial charge in [-0.05, 0) is 20.8 Å². The van der Waals surface area contributed by atoms with Crippen molar-refractivity contribution in [3.05, 3.63) is 11.4 Å². The first-order valence-corrected chi connectivity index (χ1v) is 4.19. The summed E-state index contributed by atoms with van der Waals surface area (Å²) in [6.45, 7) is 6.30. The van der Waals surface area contributed by atoms with Crippen molar-refractivity contribution < 1.29 is 9.74 Å². The van der Waals surface area contributed by atoms with E-state index >= 15 is 0 Å². The number of aromatic nitrogens is 2. The number of nitrogens with zero attached hydrogens (tertiary/aromatic N) is 2.